The first-order valence-electron chi connectivity index (χ1n) is 5.94. The maximum absolute atomic E-state index is 6.07. The highest BCUT2D eigenvalue weighted by Crippen LogP contribution is 2.27. The third-order valence-electron chi connectivity index (χ3n) is 2.59. The third-order valence-corrected chi connectivity index (χ3v) is 2.91. The van der Waals surface area contributed by atoms with Crippen LogP contribution in [0.2, 0.25) is 5.15 Å². The quantitative estimate of drug-likeness (QED) is 0.775. The number of nitrogens with zero attached hydrogens (tertiary/aromatic N) is 2. The van der Waals surface area contributed by atoms with Crippen molar-refractivity contribution < 1.29 is 4.74 Å². The number of aryl methyl sites for hydroxylation is 1. The minimum absolute atomic E-state index is 0.467. The Morgan fingerprint density at radius 3 is 2.56 bits per heavy atom. The van der Waals surface area contributed by atoms with Crippen molar-refractivity contribution in [1.29, 1.82) is 0 Å². The molecule has 0 unspecified atom stereocenters. The van der Waals surface area contributed by atoms with Crippen molar-refractivity contribution in [3.63, 3.8) is 0 Å². The lowest BCUT2D eigenvalue weighted by Crippen LogP contribution is -1.97. The molecule has 0 aliphatic heterocycles. The Morgan fingerprint density at radius 2 is 1.89 bits per heavy atom. The molecule has 0 atom stereocenters. The first kappa shape index (κ1) is 12.8. The van der Waals surface area contributed by atoms with Gasteiger partial charge in [-0.05, 0) is 25.5 Å². The largest absolute Gasteiger partial charge is 0.439 e. The summed E-state index contributed by atoms with van der Waals surface area (Å²) in [5, 5.41) is 0.467. The Kier molecular flexibility index (Phi) is 4.15. The van der Waals surface area contributed by atoms with Gasteiger partial charge in [0.05, 0.1) is 5.56 Å². The van der Waals surface area contributed by atoms with E-state index in [9.17, 15) is 0 Å². The fraction of sp³-hybridized carbons (Fsp3) is 0.286. The Morgan fingerprint density at radius 1 is 1.17 bits per heavy atom. The molecule has 0 aliphatic rings. The van der Waals surface area contributed by atoms with Crippen molar-refractivity contribution in [3.05, 3.63) is 46.9 Å². The average molecular weight is 263 g/mol. The maximum atomic E-state index is 6.07. The molecule has 3 nitrogen and oxygen atoms in total. The van der Waals surface area contributed by atoms with Gasteiger partial charge in [0.15, 0.2) is 0 Å². The summed E-state index contributed by atoms with van der Waals surface area (Å²) in [6, 6.07) is 7.83. The molecule has 0 spiro atoms. The summed E-state index contributed by atoms with van der Waals surface area (Å²) in [6.45, 7) is 4.12. The molecule has 94 valence electrons. The van der Waals surface area contributed by atoms with Gasteiger partial charge in [0, 0.05) is 0 Å². The van der Waals surface area contributed by atoms with Crippen molar-refractivity contribution >= 4 is 11.6 Å². The first-order chi connectivity index (χ1) is 8.70. The van der Waals surface area contributed by atoms with Gasteiger partial charge in [-0.15, -0.1) is 0 Å². The second-order valence-electron chi connectivity index (χ2n) is 4.11. The molecule has 0 saturated carbocycles. The van der Waals surface area contributed by atoms with E-state index in [0.29, 0.717) is 11.0 Å². The Hall–Kier alpha value is -1.61. The van der Waals surface area contributed by atoms with E-state index in [1.54, 1.807) is 0 Å². The van der Waals surface area contributed by atoms with Crippen LogP contribution in [0.5, 0.6) is 11.6 Å². The molecule has 18 heavy (non-hydrogen) atoms. The molecule has 1 aromatic heterocycles. The van der Waals surface area contributed by atoms with Crippen LogP contribution in [0.4, 0.5) is 0 Å². The summed E-state index contributed by atoms with van der Waals surface area (Å²) >= 11 is 6.07. The number of benzene rings is 1. The van der Waals surface area contributed by atoms with Crippen LogP contribution in [0.25, 0.3) is 0 Å². The van der Waals surface area contributed by atoms with Gasteiger partial charge < -0.3 is 4.74 Å². The number of hydrogen-bond acceptors (Lipinski definition) is 3. The molecular formula is C14H15ClN2O. The van der Waals surface area contributed by atoms with Crippen LogP contribution < -0.4 is 4.74 Å². The molecule has 0 saturated heterocycles. The molecule has 1 aromatic carbocycles. The predicted octanol–water partition coefficient (Wildman–Crippen LogP) is 4.18. The Balaban J connectivity index is 2.28. The van der Waals surface area contributed by atoms with Crippen LogP contribution >= 0.6 is 11.6 Å². The highest BCUT2D eigenvalue weighted by molar-refractivity contribution is 6.30. The van der Waals surface area contributed by atoms with Gasteiger partial charge in [-0.2, -0.15) is 0 Å². The molecule has 4 heteroatoms. The molecule has 0 amide bonds. The van der Waals surface area contributed by atoms with E-state index in [2.05, 4.69) is 16.9 Å². The van der Waals surface area contributed by atoms with Gasteiger partial charge in [0.1, 0.15) is 17.2 Å². The minimum atomic E-state index is 0.467. The van der Waals surface area contributed by atoms with Crippen LogP contribution in [0.3, 0.4) is 0 Å². The van der Waals surface area contributed by atoms with Gasteiger partial charge in [-0.1, -0.05) is 42.6 Å². The SMILES string of the molecule is CCCc1c(Cl)ncnc1Oc1ccc(C)cc1. The summed E-state index contributed by atoms with van der Waals surface area (Å²) in [4.78, 5) is 8.15. The van der Waals surface area contributed by atoms with E-state index in [0.717, 1.165) is 24.2 Å². The number of aromatic nitrogens is 2. The van der Waals surface area contributed by atoms with Gasteiger partial charge in [0.25, 0.3) is 0 Å². The highest BCUT2D eigenvalue weighted by Gasteiger charge is 2.11. The molecule has 1 heterocycles. The molecule has 2 aromatic rings. The van der Waals surface area contributed by atoms with E-state index in [-0.39, 0.29) is 0 Å². The second-order valence-corrected chi connectivity index (χ2v) is 4.47. The van der Waals surface area contributed by atoms with Crippen LogP contribution in [-0.2, 0) is 6.42 Å². The number of ether oxygens (including phenoxy) is 1. The second kappa shape index (κ2) is 5.83. The smallest absolute Gasteiger partial charge is 0.226 e. The van der Waals surface area contributed by atoms with Crippen molar-refractivity contribution in [2.75, 3.05) is 0 Å². The van der Waals surface area contributed by atoms with E-state index < -0.39 is 0 Å². The number of rotatable bonds is 4. The fourth-order valence-electron chi connectivity index (χ4n) is 1.64. The van der Waals surface area contributed by atoms with Crippen molar-refractivity contribution in [2.24, 2.45) is 0 Å². The zero-order valence-electron chi connectivity index (χ0n) is 10.5. The average Bonchev–Trinajstić information content (AvgIpc) is 2.36. The zero-order valence-corrected chi connectivity index (χ0v) is 11.2. The summed E-state index contributed by atoms with van der Waals surface area (Å²) in [7, 11) is 0. The van der Waals surface area contributed by atoms with Gasteiger partial charge >= 0.3 is 0 Å². The van der Waals surface area contributed by atoms with E-state index in [1.807, 2.05) is 31.2 Å². The van der Waals surface area contributed by atoms with Crippen LogP contribution in [0.1, 0.15) is 24.5 Å². The summed E-state index contributed by atoms with van der Waals surface area (Å²) < 4.78 is 5.76. The van der Waals surface area contributed by atoms with Crippen molar-refractivity contribution in [1.82, 2.24) is 9.97 Å². The monoisotopic (exact) mass is 262 g/mol. The van der Waals surface area contributed by atoms with Crippen molar-refractivity contribution in [3.8, 4) is 11.6 Å². The molecular weight excluding hydrogens is 248 g/mol. The lowest BCUT2D eigenvalue weighted by Gasteiger charge is -2.10. The lowest BCUT2D eigenvalue weighted by molar-refractivity contribution is 0.454. The first-order valence-corrected chi connectivity index (χ1v) is 6.32. The van der Waals surface area contributed by atoms with Gasteiger partial charge in [-0.25, -0.2) is 9.97 Å². The molecule has 2 rings (SSSR count). The number of halogens is 1. The summed E-state index contributed by atoms with van der Waals surface area (Å²) in [5.41, 5.74) is 2.05. The Labute approximate surface area is 112 Å². The van der Waals surface area contributed by atoms with E-state index >= 15 is 0 Å². The standard InChI is InChI=1S/C14H15ClN2O/c1-3-4-12-13(15)16-9-17-14(12)18-11-7-5-10(2)6-8-11/h5-9H,3-4H2,1-2H3. The van der Waals surface area contributed by atoms with Crippen LogP contribution in [-0.4, -0.2) is 9.97 Å². The van der Waals surface area contributed by atoms with Gasteiger partial charge in [0.2, 0.25) is 5.88 Å². The highest BCUT2D eigenvalue weighted by atomic mass is 35.5. The van der Waals surface area contributed by atoms with Gasteiger partial charge in [-0.3, -0.25) is 0 Å². The minimum Gasteiger partial charge on any atom is -0.439 e. The lowest BCUT2D eigenvalue weighted by atomic mass is 10.2. The maximum Gasteiger partial charge on any atom is 0.226 e. The van der Waals surface area contributed by atoms with E-state index in [4.69, 9.17) is 16.3 Å². The normalized spacial score (nSPS) is 10.4. The molecule has 0 bridgehead atoms. The van der Waals surface area contributed by atoms with Crippen molar-refractivity contribution in [2.45, 2.75) is 26.7 Å². The molecule has 0 N–H and O–H groups in total. The van der Waals surface area contributed by atoms with Crippen LogP contribution in [0, 0.1) is 6.92 Å². The molecule has 0 radical (unpaired) electrons. The third kappa shape index (κ3) is 2.99. The summed E-state index contributed by atoms with van der Waals surface area (Å²) in [6.07, 6.45) is 3.20. The topological polar surface area (TPSA) is 35.0 Å². The fourth-order valence-corrected chi connectivity index (χ4v) is 1.86. The summed E-state index contributed by atoms with van der Waals surface area (Å²) in [5.74, 6) is 1.30. The van der Waals surface area contributed by atoms with E-state index in [1.165, 1.54) is 11.9 Å². The zero-order chi connectivity index (χ0) is 13.0. The Bertz CT molecular complexity index is 526. The van der Waals surface area contributed by atoms with Crippen LogP contribution in [0.15, 0.2) is 30.6 Å². The predicted molar refractivity (Wildman–Crippen MR) is 72.3 cm³/mol. The molecule has 0 fully saturated rings. The number of hydrogen-bond donors (Lipinski definition) is 0. The molecule has 0 aliphatic carbocycles.